The lowest BCUT2D eigenvalue weighted by atomic mass is 10.2. The van der Waals surface area contributed by atoms with Gasteiger partial charge in [0.05, 0.1) is 12.0 Å². The zero-order chi connectivity index (χ0) is 9.14. The number of nitrogens with one attached hydrogen (secondary N) is 1. The van der Waals surface area contributed by atoms with E-state index in [1.165, 1.54) is 0 Å². The predicted octanol–water partition coefficient (Wildman–Crippen LogP) is 0.989. The first-order valence-corrected chi connectivity index (χ1v) is 5.17. The van der Waals surface area contributed by atoms with Gasteiger partial charge >= 0.3 is 5.97 Å². The van der Waals surface area contributed by atoms with Crippen molar-refractivity contribution in [2.75, 3.05) is 6.61 Å². The van der Waals surface area contributed by atoms with Crippen LogP contribution in [0.3, 0.4) is 0 Å². The standard InChI is InChI=1S/C8H15NO2S/c1-4-11-8(10)7-5(2)12-6(3)9-7/h5-7,9H,4H2,1-3H3. The Morgan fingerprint density at radius 1 is 1.58 bits per heavy atom. The summed E-state index contributed by atoms with van der Waals surface area (Å²) in [5, 5.41) is 3.85. The summed E-state index contributed by atoms with van der Waals surface area (Å²) in [4.78, 5) is 11.3. The second-order valence-corrected chi connectivity index (χ2v) is 4.60. The van der Waals surface area contributed by atoms with Crippen LogP contribution in [0.5, 0.6) is 0 Å². The van der Waals surface area contributed by atoms with E-state index in [-0.39, 0.29) is 12.0 Å². The second kappa shape index (κ2) is 4.14. The Balaban J connectivity index is 2.46. The Bertz CT molecular complexity index is 174. The summed E-state index contributed by atoms with van der Waals surface area (Å²) in [5.74, 6) is -0.123. The van der Waals surface area contributed by atoms with Gasteiger partial charge in [-0.05, 0) is 13.8 Å². The number of hydrogen-bond acceptors (Lipinski definition) is 4. The van der Waals surface area contributed by atoms with Crippen LogP contribution in [0.25, 0.3) is 0 Å². The Morgan fingerprint density at radius 2 is 2.25 bits per heavy atom. The van der Waals surface area contributed by atoms with Crippen molar-refractivity contribution in [3.63, 3.8) is 0 Å². The smallest absolute Gasteiger partial charge is 0.324 e. The van der Waals surface area contributed by atoms with E-state index in [2.05, 4.69) is 12.2 Å². The van der Waals surface area contributed by atoms with Gasteiger partial charge in [-0.15, -0.1) is 11.8 Å². The van der Waals surface area contributed by atoms with Crippen LogP contribution in [0.2, 0.25) is 0 Å². The molecule has 3 unspecified atom stereocenters. The number of hydrogen-bond donors (Lipinski definition) is 1. The molecule has 0 aromatic carbocycles. The lowest BCUT2D eigenvalue weighted by molar-refractivity contribution is -0.145. The third-order valence-electron chi connectivity index (χ3n) is 1.84. The number of ether oxygens (including phenoxy) is 1. The number of carbonyl (C=O) groups is 1. The molecule has 0 aliphatic carbocycles. The summed E-state index contributed by atoms with van der Waals surface area (Å²) in [5.41, 5.74) is 0. The zero-order valence-corrected chi connectivity index (χ0v) is 8.48. The highest BCUT2D eigenvalue weighted by atomic mass is 32.2. The van der Waals surface area contributed by atoms with Crippen LogP contribution in [0.1, 0.15) is 20.8 Å². The van der Waals surface area contributed by atoms with Crippen LogP contribution in [-0.2, 0) is 9.53 Å². The van der Waals surface area contributed by atoms with Gasteiger partial charge in [0.15, 0.2) is 0 Å². The minimum atomic E-state index is -0.123. The van der Waals surface area contributed by atoms with Crippen molar-refractivity contribution < 1.29 is 9.53 Å². The van der Waals surface area contributed by atoms with E-state index in [0.717, 1.165) is 0 Å². The maximum Gasteiger partial charge on any atom is 0.324 e. The summed E-state index contributed by atoms with van der Waals surface area (Å²) in [6.07, 6.45) is 0. The molecule has 4 heteroatoms. The fourth-order valence-electron chi connectivity index (χ4n) is 1.32. The number of rotatable bonds is 2. The van der Waals surface area contributed by atoms with E-state index < -0.39 is 0 Å². The summed E-state index contributed by atoms with van der Waals surface area (Å²) in [6, 6.07) is -0.120. The normalized spacial score (nSPS) is 35.1. The second-order valence-electron chi connectivity index (χ2n) is 2.88. The van der Waals surface area contributed by atoms with E-state index >= 15 is 0 Å². The molecule has 12 heavy (non-hydrogen) atoms. The Hall–Kier alpha value is -0.220. The molecular weight excluding hydrogens is 174 g/mol. The molecule has 0 bridgehead atoms. The van der Waals surface area contributed by atoms with Crippen LogP contribution in [-0.4, -0.2) is 29.2 Å². The van der Waals surface area contributed by atoms with Gasteiger partial charge in [0.25, 0.3) is 0 Å². The molecule has 0 spiro atoms. The summed E-state index contributed by atoms with van der Waals surface area (Å²) < 4.78 is 4.93. The molecule has 1 aliphatic rings. The van der Waals surface area contributed by atoms with Crippen molar-refractivity contribution in [3.05, 3.63) is 0 Å². The van der Waals surface area contributed by atoms with Crippen molar-refractivity contribution in [2.24, 2.45) is 0 Å². The van der Waals surface area contributed by atoms with Gasteiger partial charge < -0.3 is 4.74 Å². The fraction of sp³-hybridized carbons (Fsp3) is 0.875. The molecule has 0 amide bonds. The molecule has 0 radical (unpaired) electrons. The molecule has 1 aliphatic heterocycles. The molecule has 1 fully saturated rings. The van der Waals surface area contributed by atoms with Crippen LogP contribution in [0.4, 0.5) is 0 Å². The quantitative estimate of drug-likeness (QED) is 0.657. The Morgan fingerprint density at radius 3 is 2.67 bits per heavy atom. The monoisotopic (exact) mass is 189 g/mol. The number of carbonyl (C=O) groups excluding carboxylic acids is 1. The first-order valence-electron chi connectivity index (χ1n) is 4.23. The van der Waals surface area contributed by atoms with Crippen molar-refractivity contribution >= 4 is 17.7 Å². The van der Waals surface area contributed by atoms with Crippen LogP contribution < -0.4 is 5.32 Å². The van der Waals surface area contributed by atoms with Gasteiger partial charge in [0.2, 0.25) is 0 Å². The van der Waals surface area contributed by atoms with Gasteiger partial charge in [-0.2, -0.15) is 0 Å². The molecule has 1 heterocycles. The van der Waals surface area contributed by atoms with Crippen LogP contribution in [0.15, 0.2) is 0 Å². The maximum absolute atomic E-state index is 11.3. The largest absolute Gasteiger partial charge is 0.465 e. The molecule has 3 nitrogen and oxygen atoms in total. The minimum Gasteiger partial charge on any atom is -0.465 e. The third kappa shape index (κ3) is 2.14. The highest BCUT2D eigenvalue weighted by Crippen LogP contribution is 2.26. The third-order valence-corrected chi connectivity index (χ3v) is 3.09. The van der Waals surface area contributed by atoms with E-state index in [1.54, 1.807) is 11.8 Å². The predicted molar refractivity (Wildman–Crippen MR) is 50.1 cm³/mol. The Kier molecular flexibility index (Phi) is 3.40. The average Bonchev–Trinajstić information content (AvgIpc) is 2.30. The van der Waals surface area contributed by atoms with Gasteiger partial charge in [0.1, 0.15) is 6.04 Å². The molecule has 1 saturated heterocycles. The van der Waals surface area contributed by atoms with E-state index in [0.29, 0.717) is 17.2 Å². The van der Waals surface area contributed by atoms with Gasteiger partial charge in [-0.25, -0.2) is 0 Å². The fourth-order valence-corrected chi connectivity index (χ4v) is 2.54. The molecule has 0 aromatic heterocycles. The average molecular weight is 189 g/mol. The summed E-state index contributed by atoms with van der Waals surface area (Å²) in [7, 11) is 0. The maximum atomic E-state index is 11.3. The lowest BCUT2D eigenvalue weighted by Crippen LogP contribution is -2.40. The topological polar surface area (TPSA) is 38.3 Å². The summed E-state index contributed by atoms with van der Waals surface area (Å²) >= 11 is 1.77. The van der Waals surface area contributed by atoms with E-state index in [1.807, 2.05) is 13.8 Å². The molecular formula is C8H15NO2S. The summed E-state index contributed by atoms with van der Waals surface area (Å²) in [6.45, 7) is 6.39. The van der Waals surface area contributed by atoms with Crippen molar-refractivity contribution in [1.29, 1.82) is 0 Å². The minimum absolute atomic E-state index is 0.120. The molecule has 1 N–H and O–H groups in total. The van der Waals surface area contributed by atoms with Gasteiger partial charge in [-0.3, -0.25) is 10.1 Å². The van der Waals surface area contributed by atoms with Crippen molar-refractivity contribution in [3.8, 4) is 0 Å². The molecule has 0 aromatic rings. The zero-order valence-electron chi connectivity index (χ0n) is 7.66. The van der Waals surface area contributed by atoms with E-state index in [9.17, 15) is 4.79 Å². The molecule has 70 valence electrons. The van der Waals surface area contributed by atoms with Crippen molar-refractivity contribution in [2.45, 2.75) is 37.4 Å². The van der Waals surface area contributed by atoms with Crippen LogP contribution >= 0.6 is 11.8 Å². The Labute approximate surface area is 77.2 Å². The van der Waals surface area contributed by atoms with Gasteiger partial charge in [0, 0.05) is 5.25 Å². The first kappa shape index (κ1) is 9.86. The van der Waals surface area contributed by atoms with E-state index in [4.69, 9.17) is 4.74 Å². The van der Waals surface area contributed by atoms with Crippen LogP contribution in [0, 0.1) is 0 Å². The lowest BCUT2D eigenvalue weighted by Gasteiger charge is -2.12. The SMILES string of the molecule is CCOC(=O)C1NC(C)SC1C. The highest BCUT2D eigenvalue weighted by Gasteiger charge is 2.34. The van der Waals surface area contributed by atoms with Crippen molar-refractivity contribution in [1.82, 2.24) is 5.32 Å². The molecule has 3 atom stereocenters. The highest BCUT2D eigenvalue weighted by molar-refractivity contribution is 8.00. The van der Waals surface area contributed by atoms with Gasteiger partial charge in [-0.1, -0.05) is 6.92 Å². The number of thioether (sulfide) groups is 1. The number of esters is 1. The molecule has 1 rings (SSSR count). The first-order chi connectivity index (χ1) is 5.65. The molecule has 0 saturated carbocycles.